The molecule has 1 heterocycles. The maximum absolute atomic E-state index is 12.0. The number of likely N-dealkylation sites (tertiary alicyclic amines) is 1. The van der Waals surface area contributed by atoms with E-state index in [-0.39, 0.29) is 18.6 Å². The number of benzene rings is 1. The number of ether oxygens (including phenoxy) is 2. The summed E-state index contributed by atoms with van der Waals surface area (Å²) in [6.45, 7) is 3.15. The molecule has 0 spiro atoms. The molecule has 20 heavy (non-hydrogen) atoms. The Balaban J connectivity index is 1.90. The molecule has 1 aromatic rings. The molecule has 1 aromatic carbocycles. The number of nitrogens with zero attached hydrogens (tertiary/aromatic N) is 1. The fourth-order valence-electron chi connectivity index (χ4n) is 2.24. The van der Waals surface area contributed by atoms with Gasteiger partial charge in [0.25, 0.3) is 5.91 Å². The zero-order valence-corrected chi connectivity index (χ0v) is 12.0. The molecule has 0 bridgehead atoms. The molecule has 5 nitrogen and oxygen atoms in total. The molecule has 5 heteroatoms. The number of rotatable bonds is 4. The summed E-state index contributed by atoms with van der Waals surface area (Å²) in [6, 6.07) is 5.60. The summed E-state index contributed by atoms with van der Waals surface area (Å²) in [6.07, 6.45) is 0.997. The van der Waals surface area contributed by atoms with Crippen molar-refractivity contribution < 1.29 is 19.4 Å². The van der Waals surface area contributed by atoms with Gasteiger partial charge in [-0.15, -0.1) is 0 Å². The molecule has 0 radical (unpaired) electrons. The molecule has 1 amide bonds. The first-order valence-electron chi connectivity index (χ1n) is 6.83. The first-order chi connectivity index (χ1) is 9.60. The lowest BCUT2D eigenvalue weighted by Crippen LogP contribution is -2.42. The van der Waals surface area contributed by atoms with Crippen LogP contribution in [0.1, 0.15) is 18.4 Å². The molecule has 0 aromatic heterocycles. The van der Waals surface area contributed by atoms with E-state index in [2.05, 4.69) is 0 Å². The average molecular weight is 279 g/mol. The van der Waals surface area contributed by atoms with Crippen molar-refractivity contribution in [2.75, 3.05) is 26.8 Å². The van der Waals surface area contributed by atoms with Crippen LogP contribution in [0.25, 0.3) is 0 Å². The Bertz CT molecular complexity index is 467. The van der Waals surface area contributed by atoms with E-state index >= 15 is 0 Å². The second kappa shape index (κ2) is 6.61. The van der Waals surface area contributed by atoms with Gasteiger partial charge in [-0.2, -0.15) is 0 Å². The van der Waals surface area contributed by atoms with Crippen LogP contribution in [0.15, 0.2) is 18.2 Å². The van der Waals surface area contributed by atoms with E-state index in [1.54, 1.807) is 18.1 Å². The summed E-state index contributed by atoms with van der Waals surface area (Å²) in [5, 5.41) is 9.43. The van der Waals surface area contributed by atoms with Crippen LogP contribution in [-0.2, 0) is 4.79 Å². The van der Waals surface area contributed by atoms with E-state index in [0.29, 0.717) is 37.4 Å². The van der Waals surface area contributed by atoms with Gasteiger partial charge in [0.2, 0.25) is 0 Å². The molecule has 1 aliphatic rings. The number of carbonyl (C=O) groups is 1. The number of aliphatic hydroxyl groups is 1. The topological polar surface area (TPSA) is 59.0 Å². The number of amides is 1. The molecule has 0 unspecified atom stereocenters. The van der Waals surface area contributed by atoms with Crippen LogP contribution in [0.3, 0.4) is 0 Å². The Morgan fingerprint density at radius 3 is 2.70 bits per heavy atom. The standard InChI is InChI=1S/C15H21NO4/c1-11-3-4-13(14(9-11)19-2)20-10-15(18)16-7-5-12(17)6-8-16/h3-4,9,12,17H,5-8,10H2,1-2H3. The minimum Gasteiger partial charge on any atom is -0.493 e. The summed E-state index contributed by atoms with van der Waals surface area (Å²) in [4.78, 5) is 13.8. The molecule has 1 aliphatic heterocycles. The lowest BCUT2D eigenvalue weighted by molar-refractivity contribution is -0.135. The van der Waals surface area contributed by atoms with Crippen molar-refractivity contribution in [1.82, 2.24) is 4.90 Å². The Kier molecular flexibility index (Phi) is 4.84. The number of methoxy groups -OCH3 is 1. The summed E-state index contributed by atoms with van der Waals surface area (Å²) in [7, 11) is 1.58. The Labute approximate surface area is 119 Å². The number of hydrogen-bond acceptors (Lipinski definition) is 4. The van der Waals surface area contributed by atoms with Crippen LogP contribution in [0.2, 0.25) is 0 Å². The maximum Gasteiger partial charge on any atom is 0.260 e. The average Bonchev–Trinajstić information content (AvgIpc) is 2.46. The molecule has 1 N–H and O–H groups in total. The van der Waals surface area contributed by atoms with Crippen LogP contribution in [0, 0.1) is 6.92 Å². The normalized spacial score (nSPS) is 16.1. The maximum atomic E-state index is 12.0. The number of hydrogen-bond donors (Lipinski definition) is 1. The van der Waals surface area contributed by atoms with Gasteiger partial charge in [0.15, 0.2) is 18.1 Å². The first kappa shape index (κ1) is 14.7. The summed E-state index contributed by atoms with van der Waals surface area (Å²) in [5.74, 6) is 1.15. The van der Waals surface area contributed by atoms with Gasteiger partial charge in [0.1, 0.15) is 0 Å². The van der Waals surface area contributed by atoms with E-state index in [1.165, 1.54) is 0 Å². The molecule has 0 saturated carbocycles. The molecule has 0 aliphatic carbocycles. The van der Waals surface area contributed by atoms with Crippen molar-refractivity contribution in [3.63, 3.8) is 0 Å². The molecule has 1 fully saturated rings. The third-order valence-corrected chi connectivity index (χ3v) is 3.49. The highest BCUT2D eigenvalue weighted by Crippen LogP contribution is 2.27. The van der Waals surface area contributed by atoms with Gasteiger partial charge in [0, 0.05) is 13.1 Å². The monoisotopic (exact) mass is 279 g/mol. The van der Waals surface area contributed by atoms with Crippen LogP contribution in [0.5, 0.6) is 11.5 Å². The first-order valence-corrected chi connectivity index (χ1v) is 6.83. The fourth-order valence-corrected chi connectivity index (χ4v) is 2.24. The van der Waals surface area contributed by atoms with E-state index in [0.717, 1.165) is 5.56 Å². The summed E-state index contributed by atoms with van der Waals surface area (Å²) >= 11 is 0. The lowest BCUT2D eigenvalue weighted by atomic mass is 10.1. The van der Waals surface area contributed by atoms with Gasteiger partial charge in [0.05, 0.1) is 13.2 Å². The third kappa shape index (κ3) is 3.63. The Morgan fingerprint density at radius 1 is 1.35 bits per heavy atom. The van der Waals surface area contributed by atoms with Gasteiger partial charge >= 0.3 is 0 Å². The van der Waals surface area contributed by atoms with Crippen LogP contribution in [-0.4, -0.2) is 48.8 Å². The third-order valence-electron chi connectivity index (χ3n) is 3.49. The van der Waals surface area contributed by atoms with E-state index in [4.69, 9.17) is 9.47 Å². The van der Waals surface area contributed by atoms with Crippen LogP contribution < -0.4 is 9.47 Å². The molecular weight excluding hydrogens is 258 g/mol. The molecule has 110 valence electrons. The predicted molar refractivity (Wildman–Crippen MR) is 75.0 cm³/mol. The zero-order valence-electron chi connectivity index (χ0n) is 12.0. The number of aryl methyl sites for hydroxylation is 1. The van der Waals surface area contributed by atoms with Gasteiger partial charge in [-0.1, -0.05) is 6.07 Å². The van der Waals surface area contributed by atoms with Gasteiger partial charge in [-0.25, -0.2) is 0 Å². The van der Waals surface area contributed by atoms with Gasteiger partial charge in [-0.3, -0.25) is 4.79 Å². The van der Waals surface area contributed by atoms with Crippen molar-refractivity contribution >= 4 is 5.91 Å². The smallest absolute Gasteiger partial charge is 0.260 e. The number of piperidine rings is 1. The molecule has 0 atom stereocenters. The highest BCUT2D eigenvalue weighted by Gasteiger charge is 2.21. The highest BCUT2D eigenvalue weighted by atomic mass is 16.5. The van der Waals surface area contributed by atoms with Crippen molar-refractivity contribution in [2.45, 2.75) is 25.9 Å². The van der Waals surface area contributed by atoms with E-state index in [1.807, 2.05) is 19.1 Å². The largest absolute Gasteiger partial charge is 0.493 e. The van der Waals surface area contributed by atoms with Crippen LogP contribution in [0.4, 0.5) is 0 Å². The minimum absolute atomic E-state index is 0.00445. The zero-order chi connectivity index (χ0) is 14.5. The van der Waals surface area contributed by atoms with E-state index in [9.17, 15) is 9.90 Å². The SMILES string of the molecule is COc1cc(C)ccc1OCC(=O)N1CCC(O)CC1. The van der Waals surface area contributed by atoms with Crippen molar-refractivity contribution in [3.8, 4) is 11.5 Å². The van der Waals surface area contributed by atoms with Crippen molar-refractivity contribution in [1.29, 1.82) is 0 Å². The molecule has 1 saturated heterocycles. The highest BCUT2D eigenvalue weighted by molar-refractivity contribution is 5.78. The van der Waals surface area contributed by atoms with Crippen LogP contribution >= 0.6 is 0 Å². The lowest BCUT2D eigenvalue weighted by Gasteiger charge is -2.29. The Morgan fingerprint density at radius 2 is 2.05 bits per heavy atom. The fraction of sp³-hybridized carbons (Fsp3) is 0.533. The van der Waals surface area contributed by atoms with E-state index < -0.39 is 0 Å². The predicted octanol–water partition coefficient (Wildman–Crippen LogP) is 1.37. The van der Waals surface area contributed by atoms with Crippen molar-refractivity contribution in [2.24, 2.45) is 0 Å². The quantitative estimate of drug-likeness (QED) is 0.904. The number of carbonyl (C=O) groups excluding carboxylic acids is 1. The summed E-state index contributed by atoms with van der Waals surface area (Å²) in [5.41, 5.74) is 1.07. The minimum atomic E-state index is -0.280. The second-order valence-electron chi connectivity index (χ2n) is 5.05. The molecular formula is C15H21NO4. The van der Waals surface area contributed by atoms with Gasteiger partial charge in [-0.05, 0) is 37.5 Å². The summed E-state index contributed by atoms with van der Waals surface area (Å²) < 4.78 is 10.8. The van der Waals surface area contributed by atoms with Crippen molar-refractivity contribution in [3.05, 3.63) is 23.8 Å². The molecule has 2 rings (SSSR count). The Hall–Kier alpha value is -1.75. The second-order valence-corrected chi connectivity index (χ2v) is 5.05. The van der Waals surface area contributed by atoms with Gasteiger partial charge < -0.3 is 19.5 Å². The number of aliphatic hydroxyl groups excluding tert-OH is 1.